The number of thiazole rings is 1. The molecule has 4 aromatic rings. The molecule has 1 amide bonds. The van der Waals surface area contributed by atoms with E-state index in [2.05, 4.69) is 4.98 Å². The minimum atomic E-state index is -1.10. The lowest BCUT2D eigenvalue weighted by Gasteiger charge is -2.23. The Kier molecular flexibility index (Phi) is 5.66. The number of aliphatic hydroxyl groups excluding tert-OH is 1. The number of Topliss-reactive ketones (excluding diaryl/α,β-unsaturated/α-hetero) is 1. The maximum absolute atomic E-state index is 14.1. The number of fused-ring (bicyclic) bond motifs is 1. The van der Waals surface area contributed by atoms with Gasteiger partial charge in [0, 0.05) is 5.02 Å². The van der Waals surface area contributed by atoms with E-state index >= 15 is 0 Å². The fraction of sp³-hybridized carbons (Fsp3) is 0.0800. The number of aromatic hydroxyl groups is 1. The Morgan fingerprint density at radius 2 is 1.86 bits per heavy atom. The predicted molar refractivity (Wildman–Crippen MR) is 130 cm³/mol. The highest BCUT2D eigenvalue weighted by Gasteiger charge is 2.48. The quantitative estimate of drug-likeness (QED) is 0.216. The molecule has 1 atom stereocenters. The number of phenols is 1. The van der Waals surface area contributed by atoms with Crippen LogP contribution in [0.15, 0.2) is 66.2 Å². The number of nitrogens with zero attached hydrogens (tertiary/aromatic N) is 2. The second kappa shape index (κ2) is 8.68. The fourth-order valence-electron chi connectivity index (χ4n) is 4.00. The summed E-state index contributed by atoms with van der Waals surface area (Å²) in [5, 5.41) is 21.7. The third kappa shape index (κ3) is 3.88. The number of aliphatic hydroxyl groups is 1. The molecule has 2 heterocycles. The van der Waals surface area contributed by atoms with Gasteiger partial charge in [-0.3, -0.25) is 14.5 Å². The Bertz CT molecular complexity index is 1530. The van der Waals surface area contributed by atoms with Gasteiger partial charge < -0.3 is 14.9 Å². The summed E-state index contributed by atoms with van der Waals surface area (Å²) in [6.45, 7) is 0. The number of hydrogen-bond donors (Lipinski definition) is 2. The van der Waals surface area contributed by atoms with Crippen LogP contribution in [0.1, 0.15) is 17.2 Å². The summed E-state index contributed by atoms with van der Waals surface area (Å²) < 4.78 is 20.0. The summed E-state index contributed by atoms with van der Waals surface area (Å²) in [4.78, 5) is 32.2. The summed E-state index contributed by atoms with van der Waals surface area (Å²) in [6, 6.07) is 13.3. The number of carbonyl (C=O) groups excluding carboxylic acids is 2. The van der Waals surface area contributed by atoms with Crippen LogP contribution in [0.5, 0.6) is 11.5 Å². The molecule has 1 fully saturated rings. The summed E-state index contributed by atoms with van der Waals surface area (Å²) in [5.41, 5.74) is 0.663. The molecule has 176 valence electrons. The van der Waals surface area contributed by atoms with Crippen molar-refractivity contribution in [1.29, 1.82) is 0 Å². The van der Waals surface area contributed by atoms with Gasteiger partial charge in [-0.25, -0.2) is 9.37 Å². The van der Waals surface area contributed by atoms with Gasteiger partial charge in [-0.2, -0.15) is 0 Å². The first-order valence-electron chi connectivity index (χ1n) is 10.3. The predicted octanol–water partition coefficient (Wildman–Crippen LogP) is 5.43. The van der Waals surface area contributed by atoms with Crippen LogP contribution in [0.3, 0.4) is 0 Å². The summed E-state index contributed by atoms with van der Waals surface area (Å²) in [6.07, 6.45) is 0. The molecule has 0 spiro atoms. The number of ketones is 1. The number of rotatable bonds is 4. The number of aromatic nitrogens is 1. The molecule has 2 N–H and O–H groups in total. The molecular formula is C25H16ClFN2O5S. The molecule has 1 unspecified atom stereocenters. The van der Waals surface area contributed by atoms with Gasteiger partial charge in [-0.05, 0) is 54.1 Å². The highest BCUT2D eigenvalue weighted by atomic mass is 35.5. The zero-order valence-electron chi connectivity index (χ0n) is 18.0. The van der Waals surface area contributed by atoms with Crippen molar-refractivity contribution in [1.82, 2.24) is 4.98 Å². The van der Waals surface area contributed by atoms with Crippen LogP contribution >= 0.6 is 22.9 Å². The van der Waals surface area contributed by atoms with Crippen LogP contribution in [-0.4, -0.2) is 34.0 Å². The number of carbonyl (C=O) groups is 2. The van der Waals surface area contributed by atoms with E-state index in [0.29, 0.717) is 20.8 Å². The molecule has 7 nitrogen and oxygen atoms in total. The molecule has 0 radical (unpaired) electrons. The van der Waals surface area contributed by atoms with Crippen molar-refractivity contribution in [3.63, 3.8) is 0 Å². The highest BCUT2D eigenvalue weighted by molar-refractivity contribution is 7.22. The lowest BCUT2D eigenvalue weighted by Crippen LogP contribution is -2.29. The smallest absolute Gasteiger partial charge is 0.301 e. The molecule has 1 saturated heterocycles. The van der Waals surface area contributed by atoms with E-state index in [9.17, 15) is 24.2 Å². The van der Waals surface area contributed by atoms with Gasteiger partial charge >= 0.3 is 5.91 Å². The van der Waals surface area contributed by atoms with Crippen LogP contribution in [0.25, 0.3) is 16.0 Å². The summed E-state index contributed by atoms with van der Waals surface area (Å²) in [7, 11) is 1.34. The Morgan fingerprint density at radius 3 is 2.57 bits per heavy atom. The van der Waals surface area contributed by atoms with Crippen molar-refractivity contribution in [2.24, 2.45) is 0 Å². The zero-order valence-corrected chi connectivity index (χ0v) is 19.6. The molecule has 1 aliphatic rings. The van der Waals surface area contributed by atoms with Crippen molar-refractivity contribution in [2.45, 2.75) is 6.04 Å². The SMILES string of the molecule is COc1ccc(F)cc1/C(O)=C1\C(=O)C(=O)N(c2nc3ccc(Cl)cc3s2)C1c1ccc(O)cc1. The molecule has 0 bridgehead atoms. The van der Waals surface area contributed by atoms with Crippen molar-refractivity contribution in [3.05, 3.63) is 88.2 Å². The average Bonchev–Trinajstić information content (AvgIpc) is 3.37. The minimum Gasteiger partial charge on any atom is -0.508 e. The first-order chi connectivity index (χ1) is 16.8. The van der Waals surface area contributed by atoms with Crippen molar-refractivity contribution in [2.75, 3.05) is 12.0 Å². The maximum atomic E-state index is 14.1. The van der Waals surface area contributed by atoms with Gasteiger partial charge in [-0.1, -0.05) is 35.1 Å². The van der Waals surface area contributed by atoms with Crippen molar-refractivity contribution in [3.8, 4) is 11.5 Å². The summed E-state index contributed by atoms with van der Waals surface area (Å²) in [5.74, 6) is -3.04. The van der Waals surface area contributed by atoms with E-state index < -0.39 is 29.3 Å². The number of halogens is 2. The Labute approximate surface area is 207 Å². The van der Waals surface area contributed by atoms with Gasteiger partial charge in [-0.15, -0.1) is 0 Å². The monoisotopic (exact) mass is 510 g/mol. The van der Waals surface area contributed by atoms with Crippen LogP contribution in [-0.2, 0) is 9.59 Å². The van der Waals surface area contributed by atoms with E-state index in [1.807, 2.05) is 0 Å². The molecule has 0 saturated carbocycles. The van der Waals surface area contributed by atoms with Crippen LogP contribution in [0.2, 0.25) is 5.02 Å². The molecule has 3 aromatic carbocycles. The van der Waals surface area contributed by atoms with Crippen molar-refractivity contribution >= 4 is 55.7 Å². The number of amides is 1. The second-order valence-corrected chi connectivity index (χ2v) is 9.16. The lowest BCUT2D eigenvalue weighted by molar-refractivity contribution is -0.132. The van der Waals surface area contributed by atoms with E-state index in [4.69, 9.17) is 16.3 Å². The third-order valence-corrected chi connectivity index (χ3v) is 6.87. The first kappa shape index (κ1) is 22.8. The van der Waals surface area contributed by atoms with Crippen LogP contribution < -0.4 is 9.64 Å². The standard InChI is InChI=1S/C25H16ClFN2O5S/c1-34-18-9-5-14(27)11-16(18)22(31)20-21(12-2-6-15(30)7-3-12)29(24(33)23(20)32)25-28-17-8-4-13(26)10-19(17)35-25/h2-11,21,30-31H,1H3/b22-20+. The molecular weight excluding hydrogens is 495 g/mol. The molecule has 5 rings (SSSR count). The molecule has 35 heavy (non-hydrogen) atoms. The van der Waals surface area contributed by atoms with E-state index in [1.165, 1.54) is 42.3 Å². The summed E-state index contributed by atoms with van der Waals surface area (Å²) >= 11 is 7.25. The zero-order chi connectivity index (χ0) is 24.9. The normalized spacial score (nSPS) is 17.3. The first-order valence-corrected chi connectivity index (χ1v) is 11.5. The number of phenolic OH excluding ortho intramolecular Hbond substituents is 1. The number of benzene rings is 3. The van der Waals surface area contributed by atoms with Crippen LogP contribution in [0, 0.1) is 5.82 Å². The number of ether oxygens (including phenoxy) is 1. The molecule has 1 aromatic heterocycles. The molecule has 0 aliphatic carbocycles. The fourth-order valence-corrected chi connectivity index (χ4v) is 5.27. The number of anilines is 1. The number of hydrogen-bond acceptors (Lipinski definition) is 7. The average molecular weight is 511 g/mol. The molecule has 1 aliphatic heterocycles. The van der Waals surface area contributed by atoms with E-state index in [0.717, 1.165) is 23.5 Å². The number of methoxy groups -OCH3 is 1. The van der Waals surface area contributed by atoms with Crippen molar-refractivity contribution < 1.29 is 28.9 Å². The minimum absolute atomic E-state index is 0.0212. The maximum Gasteiger partial charge on any atom is 0.301 e. The van der Waals surface area contributed by atoms with Gasteiger partial charge in [0.15, 0.2) is 5.13 Å². The molecule has 10 heteroatoms. The topological polar surface area (TPSA) is 100.0 Å². The Balaban J connectivity index is 1.76. The highest BCUT2D eigenvalue weighted by Crippen LogP contribution is 2.45. The van der Waals surface area contributed by atoms with Gasteiger partial charge in [0.1, 0.15) is 23.1 Å². The lowest BCUT2D eigenvalue weighted by atomic mass is 9.95. The van der Waals surface area contributed by atoms with Crippen LogP contribution in [0.4, 0.5) is 9.52 Å². The van der Waals surface area contributed by atoms with Gasteiger partial charge in [0.2, 0.25) is 0 Å². The van der Waals surface area contributed by atoms with Gasteiger partial charge in [0.25, 0.3) is 5.78 Å². The second-order valence-electron chi connectivity index (χ2n) is 7.71. The largest absolute Gasteiger partial charge is 0.508 e. The third-order valence-electron chi connectivity index (χ3n) is 5.62. The Hall–Kier alpha value is -3.95. The Morgan fingerprint density at radius 1 is 1.11 bits per heavy atom. The van der Waals surface area contributed by atoms with E-state index in [-0.39, 0.29) is 27.8 Å². The van der Waals surface area contributed by atoms with E-state index in [1.54, 1.807) is 18.2 Å². The van der Waals surface area contributed by atoms with Gasteiger partial charge in [0.05, 0.1) is 34.5 Å².